The van der Waals surface area contributed by atoms with Crippen LogP contribution in [0.5, 0.6) is 0 Å². The standard InChI is InChI=1S/C9H14N2O2S/c1-2-14(12,13)8-7-11-9-5-3-4-6-10-9/h3-6H,2,7-8H2,1H3,(H,10,11). The topological polar surface area (TPSA) is 59.1 Å². The minimum atomic E-state index is -2.88. The number of hydrogen-bond acceptors (Lipinski definition) is 4. The van der Waals surface area contributed by atoms with Crippen molar-refractivity contribution in [3.8, 4) is 0 Å². The Hall–Kier alpha value is -1.10. The molecule has 0 aromatic carbocycles. The summed E-state index contributed by atoms with van der Waals surface area (Å²) in [5.74, 6) is 1.05. The predicted molar refractivity (Wildman–Crippen MR) is 57.1 cm³/mol. The van der Waals surface area contributed by atoms with Gasteiger partial charge < -0.3 is 5.32 Å². The fourth-order valence-corrected chi connectivity index (χ4v) is 1.65. The van der Waals surface area contributed by atoms with Crippen molar-refractivity contribution in [3.05, 3.63) is 24.4 Å². The second kappa shape index (κ2) is 4.95. The maximum Gasteiger partial charge on any atom is 0.151 e. The van der Waals surface area contributed by atoms with Gasteiger partial charge in [0, 0.05) is 18.5 Å². The zero-order chi connectivity index (χ0) is 10.4. The van der Waals surface area contributed by atoms with Crippen molar-refractivity contribution in [1.29, 1.82) is 0 Å². The van der Waals surface area contributed by atoms with E-state index >= 15 is 0 Å². The molecule has 0 radical (unpaired) electrons. The molecule has 0 saturated heterocycles. The van der Waals surface area contributed by atoms with Gasteiger partial charge in [-0.15, -0.1) is 0 Å². The summed E-state index contributed by atoms with van der Waals surface area (Å²) in [5.41, 5.74) is 0. The van der Waals surface area contributed by atoms with E-state index in [4.69, 9.17) is 0 Å². The quantitative estimate of drug-likeness (QED) is 0.792. The summed E-state index contributed by atoms with van der Waals surface area (Å²) in [6.07, 6.45) is 1.66. The van der Waals surface area contributed by atoms with Crippen molar-refractivity contribution in [1.82, 2.24) is 4.98 Å². The van der Waals surface area contributed by atoms with E-state index in [1.165, 1.54) is 0 Å². The zero-order valence-corrected chi connectivity index (χ0v) is 8.92. The molecule has 1 aromatic heterocycles. The van der Waals surface area contributed by atoms with Gasteiger partial charge in [0.15, 0.2) is 9.84 Å². The minimum Gasteiger partial charge on any atom is -0.369 e. The third-order valence-corrected chi connectivity index (χ3v) is 3.53. The Labute approximate surface area is 84.3 Å². The van der Waals surface area contributed by atoms with E-state index in [0.29, 0.717) is 12.4 Å². The summed E-state index contributed by atoms with van der Waals surface area (Å²) in [6, 6.07) is 5.47. The van der Waals surface area contributed by atoms with E-state index in [2.05, 4.69) is 10.3 Å². The summed E-state index contributed by atoms with van der Waals surface area (Å²) in [4.78, 5) is 4.02. The van der Waals surface area contributed by atoms with Crippen LogP contribution < -0.4 is 5.32 Å². The molecule has 78 valence electrons. The van der Waals surface area contributed by atoms with Gasteiger partial charge in [-0.05, 0) is 12.1 Å². The van der Waals surface area contributed by atoms with Gasteiger partial charge in [-0.3, -0.25) is 0 Å². The lowest BCUT2D eigenvalue weighted by atomic mass is 10.4. The van der Waals surface area contributed by atoms with Crippen LogP contribution in [0.15, 0.2) is 24.4 Å². The van der Waals surface area contributed by atoms with E-state index < -0.39 is 9.84 Å². The van der Waals surface area contributed by atoms with E-state index in [0.717, 1.165) is 0 Å². The number of hydrogen-bond donors (Lipinski definition) is 1. The van der Waals surface area contributed by atoms with Crippen molar-refractivity contribution in [3.63, 3.8) is 0 Å². The van der Waals surface area contributed by atoms with Crippen molar-refractivity contribution in [2.45, 2.75) is 6.92 Å². The van der Waals surface area contributed by atoms with Crippen LogP contribution in [-0.4, -0.2) is 31.5 Å². The molecule has 0 aliphatic heterocycles. The predicted octanol–water partition coefficient (Wildman–Crippen LogP) is 0.928. The number of aromatic nitrogens is 1. The first-order valence-electron chi connectivity index (χ1n) is 4.49. The third kappa shape index (κ3) is 3.74. The summed E-state index contributed by atoms with van der Waals surface area (Å²) in [6.45, 7) is 2.06. The number of nitrogens with zero attached hydrogens (tertiary/aromatic N) is 1. The summed E-state index contributed by atoms with van der Waals surface area (Å²) < 4.78 is 22.3. The lowest BCUT2D eigenvalue weighted by molar-refractivity contribution is 0.597. The van der Waals surface area contributed by atoms with Gasteiger partial charge in [-0.2, -0.15) is 0 Å². The van der Waals surface area contributed by atoms with E-state index in [-0.39, 0.29) is 11.5 Å². The molecule has 0 aliphatic rings. The minimum absolute atomic E-state index is 0.153. The number of nitrogens with one attached hydrogen (secondary N) is 1. The molecule has 0 saturated carbocycles. The van der Waals surface area contributed by atoms with E-state index in [1.54, 1.807) is 19.2 Å². The highest BCUT2D eigenvalue weighted by atomic mass is 32.2. The monoisotopic (exact) mass is 214 g/mol. The normalized spacial score (nSPS) is 11.2. The molecular weight excluding hydrogens is 200 g/mol. The lowest BCUT2D eigenvalue weighted by Crippen LogP contribution is -2.17. The van der Waals surface area contributed by atoms with Crippen molar-refractivity contribution in [2.24, 2.45) is 0 Å². The van der Waals surface area contributed by atoms with Gasteiger partial charge in [0.05, 0.1) is 5.75 Å². The number of pyridine rings is 1. The first-order valence-corrected chi connectivity index (χ1v) is 6.31. The molecule has 0 atom stereocenters. The second-order valence-electron chi connectivity index (χ2n) is 2.88. The van der Waals surface area contributed by atoms with Gasteiger partial charge in [-0.25, -0.2) is 13.4 Å². The molecule has 1 rings (SSSR count). The highest BCUT2D eigenvalue weighted by molar-refractivity contribution is 7.91. The Balaban J connectivity index is 2.37. The Morgan fingerprint density at radius 1 is 1.43 bits per heavy atom. The summed E-state index contributed by atoms with van der Waals surface area (Å²) in [5, 5.41) is 2.94. The van der Waals surface area contributed by atoms with Gasteiger partial charge in [0.25, 0.3) is 0 Å². The number of sulfone groups is 1. The molecule has 0 bridgehead atoms. The lowest BCUT2D eigenvalue weighted by Gasteiger charge is -2.04. The van der Waals surface area contributed by atoms with E-state index in [1.807, 2.05) is 12.1 Å². The molecule has 1 heterocycles. The molecule has 14 heavy (non-hydrogen) atoms. The van der Waals surface area contributed by atoms with E-state index in [9.17, 15) is 8.42 Å². The average Bonchev–Trinajstić information content (AvgIpc) is 2.19. The zero-order valence-electron chi connectivity index (χ0n) is 8.10. The van der Waals surface area contributed by atoms with Crippen molar-refractivity contribution < 1.29 is 8.42 Å². The van der Waals surface area contributed by atoms with Crippen LogP contribution in [0, 0.1) is 0 Å². The van der Waals surface area contributed by atoms with Crippen LogP contribution in [-0.2, 0) is 9.84 Å². The number of rotatable bonds is 5. The summed E-state index contributed by atoms with van der Waals surface area (Å²) in [7, 11) is -2.88. The fraction of sp³-hybridized carbons (Fsp3) is 0.444. The van der Waals surface area contributed by atoms with Gasteiger partial charge in [0.2, 0.25) is 0 Å². The van der Waals surface area contributed by atoms with Crippen LogP contribution in [0.3, 0.4) is 0 Å². The van der Waals surface area contributed by atoms with Gasteiger partial charge in [-0.1, -0.05) is 13.0 Å². The molecule has 0 spiro atoms. The van der Waals surface area contributed by atoms with Gasteiger partial charge in [0.1, 0.15) is 5.82 Å². The SMILES string of the molecule is CCS(=O)(=O)CCNc1ccccn1. The first-order chi connectivity index (χ1) is 6.64. The highest BCUT2D eigenvalue weighted by Gasteiger charge is 2.05. The Bertz CT molecular complexity index is 362. The Kier molecular flexibility index (Phi) is 3.88. The molecule has 0 unspecified atom stereocenters. The second-order valence-corrected chi connectivity index (χ2v) is 5.35. The van der Waals surface area contributed by atoms with Crippen molar-refractivity contribution >= 4 is 15.7 Å². The van der Waals surface area contributed by atoms with Crippen LogP contribution in [0.4, 0.5) is 5.82 Å². The average molecular weight is 214 g/mol. The first kappa shape index (κ1) is 11.0. The van der Waals surface area contributed by atoms with Crippen molar-refractivity contribution in [2.75, 3.05) is 23.4 Å². The van der Waals surface area contributed by atoms with Crippen LogP contribution in [0.2, 0.25) is 0 Å². The summed E-state index contributed by atoms with van der Waals surface area (Å²) >= 11 is 0. The molecule has 1 N–H and O–H groups in total. The fourth-order valence-electron chi connectivity index (χ4n) is 0.946. The molecule has 0 amide bonds. The maximum atomic E-state index is 11.1. The smallest absolute Gasteiger partial charge is 0.151 e. The largest absolute Gasteiger partial charge is 0.369 e. The molecule has 4 nitrogen and oxygen atoms in total. The van der Waals surface area contributed by atoms with Crippen LogP contribution >= 0.6 is 0 Å². The molecule has 0 aliphatic carbocycles. The molecule has 0 fully saturated rings. The molecule has 1 aromatic rings. The Morgan fingerprint density at radius 2 is 2.21 bits per heavy atom. The van der Waals surface area contributed by atoms with Crippen LogP contribution in [0.25, 0.3) is 0 Å². The number of anilines is 1. The third-order valence-electron chi connectivity index (χ3n) is 1.82. The molecule has 5 heteroatoms. The highest BCUT2D eigenvalue weighted by Crippen LogP contribution is 1.99. The van der Waals surface area contributed by atoms with Crippen LogP contribution in [0.1, 0.15) is 6.92 Å². The van der Waals surface area contributed by atoms with Gasteiger partial charge >= 0.3 is 0 Å². The maximum absolute atomic E-state index is 11.1. The Morgan fingerprint density at radius 3 is 2.79 bits per heavy atom. The molecular formula is C9H14N2O2S.